The van der Waals surface area contributed by atoms with Crippen LogP contribution in [0.25, 0.3) is 5.73 Å². The first-order valence-corrected chi connectivity index (χ1v) is 2.68. The summed E-state index contributed by atoms with van der Waals surface area (Å²) < 4.78 is 0. The van der Waals surface area contributed by atoms with Gasteiger partial charge in [-0.2, -0.15) is 0 Å². The van der Waals surface area contributed by atoms with Gasteiger partial charge in [-0.1, -0.05) is 6.42 Å². The van der Waals surface area contributed by atoms with Crippen molar-refractivity contribution in [2.45, 2.75) is 12.5 Å². The van der Waals surface area contributed by atoms with Crippen LogP contribution in [0.1, 0.15) is 6.42 Å². The Morgan fingerprint density at radius 3 is 2.38 bits per heavy atom. The van der Waals surface area contributed by atoms with Crippen molar-refractivity contribution in [3.05, 3.63) is 5.73 Å². The maximum absolute atomic E-state index is 7.22. The molecular formula is C5H11AcN2-. The number of hydrogen-bond acceptors (Lipinski definition) is 1. The molecule has 2 nitrogen and oxygen atoms in total. The first-order chi connectivity index (χ1) is 3.29. The number of likely N-dealkylation sites (tertiary alicyclic amines) is 1. The largest absolute Gasteiger partial charge is 0.674 e. The molecule has 1 N–H and O–H groups in total. The Kier molecular flexibility index (Phi) is 4.94. The van der Waals surface area contributed by atoms with Gasteiger partial charge in [-0.15, -0.1) is 6.04 Å². The van der Waals surface area contributed by atoms with Crippen LogP contribution in [0.15, 0.2) is 0 Å². The number of nitrogens with one attached hydrogen (secondary N) is 1. The number of likely N-dealkylation sites (N-methyl/N-ethyl adjacent to an activating group) is 1. The molecule has 1 radical (unpaired) electrons. The molecule has 1 aliphatic rings. The van der Waals surface area contributed by atoms with Gasteiger partial charge in [-0.05, 0) is 20.1 Å². The second kappa shape index (κ2) is 4.22. The Morgan fingerprint density at radius 2 is 2.25 bits per heavy atom. The smallest absolute Gasteiger partial charge is 0 e. The van der Waals surface area contributed by atoms with Crippen LogP contribution < -0.4 is 0 Å². The first-order valence-electron chi connectivity index (χ1n) is 2.68. The monoisotopic (exact) mass is 326 g/mol. The van der Waals surface area contributed by atoms with Gasteiger partial charge >= 0.3 is 0 Å². The van der Waals surface area contributed by atoms with Crippen molar-refractivity contribution in [3.63, 3.8) is 0 Å². The van der Waals surface area contributed by atoms with E-state index in [-0.39, 0.29) is 50.1 Å². The summed E-state index contributed by atoms with van der Waals surface area (Å²) in [6.45, 7) is 2.09. The molecule has 0 aromatic rings. The van der Waals surface area contributed by atoms with Crippen molar-refractivity contribution in [3.8, 4) is 0 Å². The summed E-state index contributed by atoms with van der Waals surface area (Å²) in [5.41, 5.74) is 7.22. The molecule has 1 fully saturated rings. The van der Waals surface area contributed by atoms with E-state index < -0.39 is 0 Å². The quantitative estimate of drug-likeness (QED) is 0.645. The van der Waals surface area contributed by atoms with Crippen LogP contribution >= 0.6 is 0 Å². The Morgan fingerprint density at radius 1 is 1.62 bits per heavy atom. The number of hydrogen-bond donors (Lipinski definition) is 0. The molecule has 0 aromatic heterocycles. The zero-order chi connectivity index (χ0) is 5.28. The molecule has 1 saturated heterocycles. The molecule has 0 amide bonds. The average molecular weight is 326 g/mol. The molecule has 0 bridgehead atoms. The minimum Gasteiger partial charge on any atom is -0.674 e. The van der Waals surface area contributed by atoms with Crippen LogP contribution in [-0.2, 0) is 0 Å². The van der Waals surface area contributed by atoms with Crippen molar-refractivity contribution in [1.82, 2.24) is 4.90 Å². The number of rotatable bonds is 0. The third kappa shape index (κ3) is 2.77. The first kappa shape index (κ1) is 9.36. The minimum atomic E-state index is 0. The van der Waals surface area contributed by atoms with Crippen LogP contribution in [-0.4, -0.2) is 31.1 Å². The van der Waals surface area contributed by atoms with E-state index in [0.29, 0.717) is 0 Å². The topological polar surface area (TPSA) is 27.0 Å². The van der Waals surface area contributed by atoms with Crippen LogP contribution in [0.2, 0.25) is 0 Å². The maximum Gasteiger partial charge on any atom is 0 e. The van der Waals surface area contributed by atoms with Gasteiger partial charge in [0.2, 0.25) is 0 Å². The zero-order valence-electron chi connectivity index (χ0n) is 5.22. The van der Waals surface area contributed by atoms with E-state index in [1.54, 1.807) is 0 Å². The third-order valence-corrected chi connectivity index (χ3v) is 1.39. The second-order valence-corrected chi connectivity index (χ2v) is 2.25. The van der Waals surface area contributed by atoms with E-state index in [2.05, 4.69) is 11.9 Å². The van der Waals surface area contributed by atoms with Crippen LogP contribution in [0, 0.1) is 44.1 Å². The number of nitrogens with zero attached hydrogens (tertiary/aromatic N) is 1. The molecule has 0 spiro atoms. The molecule has 0 aromatic carbocycles. The fraction of sp³-hybridized carbons (Fsp3) is 1.00. The van der Waals surface area contributed by atoms with Crippen LogP contribution in [0.4, 0.5) is 0 Å². The van der Waals surface area contributed by atoms with Gasteiger partial charge in [0.25, 0.3) is 0 Å². The fourth-order valence-corrected chi connectivity index (χ4v) is 0.935. The van der Waals surface area contributed by atoms with Crippen molar-refractivity contribution >= 4 is 0 Å². The molecule has 0 aliphatic carbocycles. The van der Waals surface area contributed by atoms with E-state index in [1.165, 1.54) is 0 Å². The van der Waals surface area contributed by atoms with Gasteiger partial charge in [0.15, 0.2) is 0 Å². The van der Waals surface area contributed by atoms with E-state index in [4.69, 9.17) is 5.73 Å². The second-order valence-electron chi connectivity index (χ2n) is 2.25. The Labute approximate surface area is 86.3 Å². The predicted octanol–water partition coefficient (Wildman–Crippen LogP) is 0.743. The molecular weight excluding hydrogens is 315 g/mol. The summed E-state index contributed by atoms with van der Waals surface area (Å²) in [4.78, 5) is 2.19. The van der Waals surface area contributed by atoms with Gasteiger partial charge in [0.05, 0.1) is 0 Å². The maximum atomic E-state index is 7.22. The van der Waals surface area contributed by atoms with Crippen LogP contribution in [0.3, 0.4) is 0 Å². The normalized spacial score (nSPS) is 30.0. The zero-order valence-corrected chi connectivity index (χ0v) is 9.97. The van der Waals surface area contributed by atoms with Crippen molar-refractivity contribution < 1.29 is 44.1 Å². The Bertz CT molecular complexity index is 59.4. The summed E-state index contributed by atoms with van der Waals surface area (Å²) in [6.07, 6.45) is 1.07. The van der Waals surface area contributed by atoms with Crippen LogP contribution in [0.5, 0.6) is 0 Å². The summed E-state index contributed by atoms with van der Waals surface area (Å²) in [7, 11) is 2.06. The van der Waals surface area contributed by atoms with E-state index in [9.17, 15) is 0 Å². The van der Waals surface area contributed by atoms with E-state index >= 15 is 0 Å². The molecule has 1 atom stereocenters. The van der Waals surface area contributed by atoms with Gasteiger partial charge in [-0.3, -0.25) is 0 Å². The predicted molar refractivity (Wildman–Crippen MR) is 30.2 cm³/mol. The molecule has 8 heavy (non-hydrogen) atoms. The standard InChI is InChI=1S/C5H11N2.Ac/c1-7-3-2-5(6)4-7;/h5-6H,2-4H2,1H3;/q-1;. The van der Waals surface area contributed by atoms with Crippen molar-refractivity contribution in [1.29, 1.82) is 0 Å². The molecule has 1 aliphatic heterocycles. The summed E-state index contributed by atoms with van der Waals surface area (Å²) in [5, 5.41) is 0. The molecule has 45 valence electrons. The van der Waals surface area contributed by atoms with Crippen molar-refractivity contribution in [2.75, 3.05) is 20.1 Å². The molecule has 3 heteroatoms. The van der Waals surface area contributed by atoms with Gasteiger partial charge in [0, 0.05) is 44.1 Å². The van der Waals surface area contributed by atoms with E-state index in [1.807, 2.05) is 0 Å². The average Bonchev–Trinajstić information content (AvgIpc) is 1.87. The molecule has 0 saturated carbocycles. The van der Waals surface area contributed by atoms with Crippen molar-refractivity contribution in [2.24, 2.45) is 0 Å². The van der Waals surface area contributed by atoms with Gasteiger partial charge in [0.1, 0.15) is 0 Å². The molecule has 1 heterocycles. The Balaban J connectivity index is 0.000000490. The summed E-state index contributed by atoms with van der Waals surface area (Å²) in [5.74, 6) is 0. The molecule has 1 unspecified atom stereocenters. The van der Waals surface area contributed by atoms with Gasteiger partial charge in [-0.25, -0.2) is 0 Å². The van der Waals surface area contributed by atoms with E-state index in [0.717, 1.165) is 19.5 Å². The SMILES string of the molecule is CN1CCC([NH-])C1.[Ac]. The Hall–Kier alpha value is 1.36. The van der Waals surface area contributed by atoms with Gasteiger partial charge < -0.3 is 10.6 Å². The minimum absolute atomic E-state index is 0. The summed E-state index contributed by atoms with van der Waals surface area (Å²) in [6, 6.07) is 0.199. The molecule has 1 rings (SSSR count). The fourth-order valence-electron chi connectivity index (χ4n) is 0.935. The third-order valence-electron chi connectivity index (χ3n) is 1.39. The summed E-state index contributed by atoms with van der Waals surface area (Å²) >= 11 is 0.